The topological polar surface area (TPSA) is 0 Å². The molecule has 0 bridgehead atoms. The fourth-order valence-electron chi connectivity index (χ4n) is 0. The molecule has 0 aromatic heterocycles. The molecule has 0 heterocycles. The molecule has 0 rings (SSSR count). The second kappa shape index (κ2) is 2.01. The zero-order valence-electron chi connectivity index (χ0n) is 6.58. The van der Waals surface area contributed by atoms with Crippen molar-refractivity contribution in [2.45, 2.75) is 13.8 Å². The molecule has 0 atom stereocenters. The van der Waals surface area contributed by atoms with Crippen LogP contribution < -0.4 is 0 Å². The molecular formula is C5H10. The van der Waals surface area contributed by atoms with Crippen LogP contribution in [0.5, 0.6) is 0 Å². The first-order chi connectivity index (χ1) is 3.55. The first kappa shape index (κ1) is 1.46. The lowest BCUT2D eigenvalue weighted by Gasteiger charge is -1.84. The lowest BCUT2D eigenvalue weighted by molar-refractivity contribution is 0.835. The van der Waals surface area contributed by atoms with Gasteiger partial charge < -0.3 is 0 Å². The number of rotatable bonds is 1. The average molecular weight is 73.2 g/mol. The Kier molecular flexibility index (Phi) is 0.586. The van der Waals surface area contributed by atoms with Crippen molar-refractivity contribution in [3.05, 3.63) is 12.6 Å². The summed E-state index contributed by atoms with van der Waals surface area (Å²) in [5.74, 6) is 0.0139. The summed E-state index contributed by atoms with van der Waals surface area (Å²) in [7, 11) is 0. The zero-order valence-corrected chi connectivity index (χ0v) is 3.58. The second-order valence-corrected chi connectivity index (χ2v) is 1.30. The molecule has 5 heavy (non-hydrogen) atoms. The van der Waals surface area contributed by atoms with E-state index < -0.39 is 0 Å². The van der Waals surface area contributed by atoms with E-state index in [1.54, 1.807) is 13.8 Å². The Morgan fingerprint density at radius 2 is 2.80 bits per heavy atom. The van der Waals surface area contributed by atoms with Gasteiger partial charge in [-0.15, -0.1) is 6.53 Å². The van der Waals surface area contributed by atoms with Crippen LogP contribution in [0.4, 0.5) is 0 Å². The van der Waals surface area contributed by atoms with Crippen LogP contribution >= 0.6 is 0 Å². The molecule has 0 aromatic carbocycles. The largest absolute Gasteiger partial charge is 0.103 e. The molecule has 0 radical (unpaired) electrons. The Hall–Kier alpha value is -0.260. The standard InChI is InChI=1S/C5H10/c1-4-5(2)3/h4-5H,1H2,2-3H3/i1D2,4D. The number of hydrogen-bond acceptors (Lipinski definition) is 0. The second-order valence-electron chi connectivity index (χ2n) is 1.30. The third-order valence-electron chi connectivity index (χ3n) is 0.289. The minimum atomic E-state index is -0.375. The third kappa shape index (κ3) is 3.74. The highest BCUT2D eigenvalue weighted by atomic mass is 13.8. The van der Waals surface area contributed by atoms with Gasteiger partial charge in [-0.3, -0.25) is 0 Å². The molecule has 0 aliphatic carbocycles. The van der Waals surface area contributed by atoms with E-state index in [0.29, 0.717) is 0 Å². The molecule has 0 spiro atoms. The molecule has 0 aliphatic heterocycles. The fraction of sp³-hybridized carbons (Fsp3) is 0.600. The van der Waals surface area contributed by atoms with Crippen LogP contribution in [0.3, 0.4) is 0 Å². The van der Waals surface area contributed by atoms with Crippen molar-refractivity contribution in [3.8, 4) is 0 Å². The zero-order chi connectivity index (χ0) is 6.73. The first-order valence-electron chi connectivity index (χ1n) is 3.19. The molecule has 0 N–H and O–H groups in total. The Balaban J connectivity index is 4.00. The summed E-state index contributed by atoms with van der Waals surface area (Å²) in [6.07, 6.45) is 0. The van der Waals surface area contributed by atoms with Crippen molar-refractivity contribution in [3.63, 3.8) is 0 Å². The Labute approximate surface area is 37.7 Å². The Morgan fingerprint density at radius 3 is 2.80 bits per heavy atom. The summed E-state index contributed by atoms with van der Waals surface area (Å²) in [6.45, 7) is 3.22. The predicted molar refractivity (Wildman–Crippen MR) is 25.0 cm³/mol. The van der Waals surface area contributed by atoms with Gasteiger partial charge in [0.1, 0.15) is 0 Å². The first-order valence-corrected chi connectivity index (χ1v) is 1.69. The van der Waals surface area contributed by atoms with Crippen LogP contribution in [0.25, 0.3) is 0 Å². The molecule has 0 saturated heterocycles. The highest BCUT2D eigenvalue weighted by molar-refractivity contribution is 4.69. The van der Waals surface area contributed by atoms with Crippen molar-refractivity contribution < 1.29 is 4.11 Å². The minimum Gasteiger partial charge on any atom is -0.103 e. The highest BCUT2D eigenvalue weighted by Crippen LogP contribution is 1.87. The van der Waals surface area contributed by atoms with Gasteiger partial charge in [0.25, 0.3) is 0 Å². The fourth-order valence-corrected chi connectivity index (χ4v) is 0. The quantitative estimate of drug-likeness (QED) is 0.415. The normalized spacial score (nSPS) is 16.2. The van der Waals surface area contributed by atoms with E-state index in [0.717, 1.165) is 0 Å². The van der Waals surface area contributed by atoms with Gasteiger partial charge in [-0.1, -0.05) is 19.9 Å². The van der Waals surface area contributed by atoms with Crippen molar-refractivity contribution in [1.82, 2.24) is 0 Å². The summed E-state index contributed by atoms with van der Waals surface area (Å²) in [5, 5.41) is 0. The van der Waals surface area contributed by atoms with E-state index in [4.69, 9.17) is 4.11 Å². The summed E-state index contributed by atoms with van der Waals surface area (Å²) in [6, 6.07) is 0.102. The maximum absolute atomic E-state index is 6.99. The van der Waals surface area contributed by atoms with Gasteiger partial charge in [0.15, 0.2) is 0 Å². The van der Waals surface area contributed by atoms with Crippen molar-refractivity contribution in [2.75, 3.05) is 0 Å². The van der Waals surface area contributed by atoms with E-state index in [1.165, 1.54) is 0 Å². The molecule has 0 heteroatoms. The van der Waals surface area contributed by atoms with Crippen LogP contribution in [0.1, 0.15) is 18.0 Å². The van der Waals surface area contributed by atoms with Crippen molar-refractivity contribution in [1.29, 1.82) is 0 Å². The van der Waals surface area contributed by atoms with Gasteiger partial charge >= 0.3 is 0 Å². The van der Waals surface area contributed by atoms with E-state index in [2.05, 4.69) is 0 Å². The van der Waals surface area contributed by atoms with E-state index in [-0.39, 0.29) is 18.5 Å². The molecule has 0 amide bonds. The molecule has 0 saturated carbocycles. The smallest absolute Gasteiger partial charge is 0.0572 e. The predicted octanol–water partition coefficient (Wildman–Crippen LogP) is 1.83. The Morgan fingerprint density at radius 1 is 2.20 bits per heavy atom. The molecule has 0 nitrogen and oxygen atoms in total. The Bertz CT molecular complexity index is 100. The lowest BCUT2D eigenvalue weighted by Crippen LogP contribution is -1.71. The maximum atomic E-state index is 6.99. The summed E-state index contributed by atoms with van der Waals surface area (Å²) < 4.78 is 20.3. The monoisotopic (exact) mass is 73.1 g/mol. The SMILES string of the molecule is [2H]C([2H])=C([2H])C(C)C. The van der Waals surface area contributed by atoms with E-state index >= 15 is 0 Å². The molecule has 0 fully saturated rings. The van der Waals surface area contributed by atoms with Crippen molar-refractivity contribution >= 4 is 0 Å². The molecule has 30 valence electrons. The van der Waals surface area contributed by atoms with Gasteiger partial charge in [-0.05, 0) is 5.92 Å². The molecule has 0 unspecified atom stereocenters. The highest BCUT2D eigenvalue weighted by Gasteiger charge is 1.73. The van der Waals surface area contributed by atoms with Crippen LogP contribution in [-0.2, 0) is 0 Å². The third-order valence-corrected chi connectivity index (χ3v) is 0.289. The van der Waals surface area contributed by atoms with Crippen LogP contribution in [0, 0.1) is 5.92 Å². The van der Waals surface area contributed by atoms with Crippen LogP contribution in [-0.4, -0.2) is 0 Å². The lowest BCUT2D eigenvalue weighted by atomic mass is 10.2. The van der Waals surface area contributed by atoms with Gasteiger partial charge in [0.2, 0.25) is 0 Å². The van der Waals surface area contributed by atoms with Crippen LogP contribution in [0.15, 0.2) is 12.6 Å². The number of hydrogen-bond donors (Lipinski definition) is 0. The summed E-state index contributed by atoms with van der Waals surface area (Å²) >= 11 is 0. The molecule has 0 aliphatic rings. The van der Waals surface area contributed by atoms with Gasteiger partial charge in [-0.2, -0.15) is 0 Å². The van der Waals surface area contributed by atoms with Gasteiger partial charge in [0, 0.05) is 0 Å². The number of allylic oxidation sites excluding steroid dienone is 1. The average Bonchev–Trinajstić information content (AvgIpc) is 1.64. The minimum absolute atomic E-state index is 0.0139. The summed E-state index contributed by atoms with van der Waals surface area (Å²) in [5.41, 5.74) is 0. The molecular weight excluding hydrogens is 60.1 g/mol. The summed E-state index contributed by atoms with van der Waals surface area (Å²) in [4.78, 5) is 0. The van der Waals surface area contributed by atoms with Crippen LogP contribution in [0.2, 0.25) is 0 Å². The van der Waals surface area contributed by atoms with E-state index in [9.17, 15) is 0 Å². The van der Waals surface area contributed by atoms with Gasteiger partial charge in [0.05, 0.1) is 4.11 Å². The van der Waals surface area contributed by atoms with Crippen molar-refractivity contribution in [2.24, 2.45) is 5.92 Å². The van der Waals surface area contributed by atoms with Gasteiger partial charge in [-0.25, -0.2) is 0 Å². The van der Waals surface area contributed by atoms with E-state index in [1.807, 2.05) is 0 Å². The molecule has 0 aromatic rings. The maximum Gasteiger partial charge on any atom is 0.0572 e.